The van der Waals surface area contributed by atoms with Crippen LogP contribution in [-0.4, -0.2) is 0 Å². The zero-order valence-electron chi connectivity index (χ0n) is 10.6. The van der Waals surface area contributed by atoms with E-state index in [2.05, 4.69) is 39.0 Å². The summed E-state index contributed by atoms with van der Waals surface area (Å²) >= 11 is 0. The summed E-state index contributed by atoms with van der Waals surface area (Å²) in [5.41, 5.74) is 4.46. The third kappa shape index (κ3) is 2.50. The molecule has 1 aliphatic rings. The summed E-state index contributed by atoms with van der Waals surface area (Å²) in [6.45, 7) is 10.7. The molecule has 1 aliphatic carbocycles. The Morgan fingerprint density at radius 2 is 1.33 bits per heavy atom. The minimum atomic E-state index is 1.24. The van der Waals surface area contributed by atoms with Gasteiger partial charge < -0.3 is 0 Å². The molecule has 0 saturated heterocycles. The molecule has 0 radical (unpaired) electrons. The van der Waals surface area contributed by atoms with Crippen molar-refractivity contribution in [3.8, 4) is 0 Å². The first kappa shape index (κ1) is 12.0. The molecule has 0 aromatic heterocycles. The molecule has 1 aromatic carbocycles. The van der Waals surface area contributed by atoms with Crippen molar-refractivity contribution in [2.24, 2.45) is 0 Å². The van der Waals surface area contributed by atoms with E-state index in [4.69, 9.17) is 0 Å². The molecule has 0 spiro atoms. The van der Waals surface area contributed by atoms with Crippen LogP contribution in [0.25, 0.3) is 11.1 Å². The highest BCUT2D eigenvalue weighted by Gasteiger charge is 2.03. The van der Waals surface area contributed by atoms with Crippen LogP contribution in [0.15, 0.2) is 18.2 Å². The number of hydrogen-bond donors (Lipinski definition) is 0. The molecular formula is C15H22. The fraction of sp³-hybridized carbons (Fsp3) is 0.467. The quantitative estimate of drug-likeness (QED) is 0.606. The van der Waals surface area contributed by atoms with Gasteiger partial charge >= 0.3 is 0 Å². The predicted octanol–water partition coefficient (Wildman–Crippen LogP) is 3.16. The number of fused-ring (bicyclic) bond motifs is 1. The van der Waals surface area contributed by atoms with Gasteiger partial charge in [0, 0.05) is 0 Å². The zero-order valence-corrected chi connectivity index (χ0v) is 10.6. The first-order valence-corrected chi connectivity index (χ1v) is 5.95. The van der Waals surface area contributed by atoms with Crippen molar-refractivity contribution in [3.05, 3.63) is 34.2 Å². The topological polar surface area (TPSA) is 0 Å². The Hall–Kier alpha value is -1.04. The van der Waals surface area contributed by atoms with Crippen LogP contribution in [0.4, 0.5) is 0 Å². The molecule has 0 heteroatoms. The van der Waals surface area contributed by atoms with Crippen LogP contribution in [0.3, 0.4) is 0 Å². The van der Waals surface area contributed by atoms with E-state index in [1.807, 2.05) is 13.8 Å². The van der Waals surface area contributed by atoms with Gasteiger partial charge in [0.15, 0.2) is 0 Å². The van der Waals surface area contributed by atoms with E-state index in [-0.39, 0.29) is 0 Å². The van der Waals surface area contributed by atoms with Crippen molar-refractivity contribution in [3.63, 3.8) is 0 Å². The zero-order chi connectivity index (χ0) is 11.4. The van der Waals surface area contributed by atoms with Crippen LogP contribution >= 0.6 is 0 Å². The smallest absolute Gasteiger partial charge is 0.0193 e. The van der Waals surface area contributed by atoms with Crippen molar-refractivity contribution in [1.82, 2.24) is 0 Å². The summed E-state index contributed by atoms with van der Waals surface area (Å²) in [4.78, 5) is 0. The van der Waals surface area contributed by atoms with Gasteiger partial charge in [0.2, 0.25) is 0 Å². The molecule has 0 saturated carbocycles. The summed E-state index contributed by atoms with van der Waals surface area (Å²) in [6, 6.07) is 6.79. The molecule has 0 nitrogen and oxygen atoms in total. The fourth-order valence-corrected chi connectivity index (χ4v) is 2.03. The number of hydrogen-bond acceptors (Lipinski definition) is 0. The highest BCUT2D eigenvalue weighted by Crippen LogP contribution is 2.12. The van der Waals surface area contributed by atoms with Crippen molar-refractivity contribution in [2.45, 2.75) is 47.5 Å². The van der Waals surface area contributed by atoms with Crippen LogP contribution < -0.4 is 10.4 Å². The van der Waals surface area contributed by atoms with Gasteiger partial charge in [0.05, 0.1) is 0 Å². The molecule has 0 bridgehead atoms. The van der Waals surface area contributed by atoms with Crippen LogP contribution in [-0.2, 0) is 0 Å². The van der Waals surface area contributed by atoms with E-state index < -0.39 is 0 Å². The Bertz CT molecular complexity index is 449. The summed E-state index contributed by atoms with van der Waals surface area (Å²) < 4.78 is 0. The van der Waals surface area contributed by atoms with Crippen molar-refractivity contribution in [1.29, 1.82) is 0 Å². The van der Waals surface area contributed by atoms with Gasteiger partial charge in [-0.3, -0.25) is 0 Å². The van der Waals surface area contributed by atoms with Gasteiger partial charge in [-0.05, 0) is 44.1 Å². The summed E-state index contributed by atoms with van der Waals surface area (Å²) in [6.07, 6.45) is 2.48. The van der Waals surface area contributed by atoms with Gasteiger partial charge in [0.1, 0.15) is 0 Å². The maximum atomic E-state index is 2.31. The first-order valence-electron chi connectivity index (χ1n) is 5.95. The molecule has 0 N–H and O–H groups in total. The van der Waals surface area contributed by atoms with E-state index in [1.165, 1.54) is 28.8 Å². The van der Waals surface area contributed by atoms with Gasteiger partial charge in [-0.1, -0.05) is 48.8 Å². The van der Waals surface area contributed by atoms with Gasteiger partial charge in [0.25, 0.3) is 0 Å². The fourth-order valence-electron chi connectivity index (χ4n) is 2.03. The van der Waals surface area contributed by atoms with Crippen LogP contribution in [0.1, 0.15) is 46.1 Å². The van der Waals surface area contributed by atoms with E-state index in [0.29, 0.717) is 0 Å². The van der Waals surface area contributed by atoms with Crippen molar-refractivity contribution in [2.75, 3.05) is 0 Å². The Kier molecular flexibility index (Phi) is 4.14. The van der Waals surface area contributed by atoms with Crippen LogP contribution in [0.5, 0.6) is 0 Å². The largest absolute Gasteiger partial charge is 0.0683 e. The Morgan fingerprint density at radius 1 is 0.800 bits per heavy atom. The normalized spacial score (nSPS) is 14.2. The van der Waals surface area contributed by atoms with Gasteiger partial charge in [-0.25, -0.2) is 0 Å². The Morgan fingerprint density at radius 3 is 1.93 bits per heavy atom. The lowest BCUT2D eigenvalue weighted by Crippen LogP contribution is -2.31. The Labute approximate surface area is 93.3 Å². The van der Waals surface area contributed by atoms with Gasteiger partial charge in [-0.2, -0.15) is 0 Å². The van der Waals surface area contributed by atoms with Crippen molar-refractivity contribution < 1.29 is 0 Å². The monoisotopic (exact) mass is 202 g/mol. The molecule has 82 valence electrons. The second kappa shape index (κ2) is 5.16. The maximum absolute atomic E-state index is 2.31. The summed E-state index contributed by atoms with van der Waals surface area (Å²) in [7, 11) is 0. The second-order valence-electron chi connectivity index (χ2n) is 4.11. The lowest BCUT2D eigenvalue weighted by atomic mass is 9.94. The first-order chi connectivity index (χ1) is 7.18. The van der Waals surface area contributed by atoms with E-state index >= 15 is 0 Å². The second-order valence-corrected chi connectivity index (χ2v) is 4.11. The highest BCUT2D eigenvalue weighted by atomic mass is 14.1. The molecule has 0 atom stereocenters. The van der Waals surface area contributed by atoms with Crippen LogP contribution in [0.2, 0.25) is 0 Å². The predicted molar refractivity (Wildman–Crippen MR) is 69.2 cm³/mol. The maximum Gasteiger partial charge on any atom is -0.0193 e. The number of benzene rings is 1. The summed E-state index contributed by atoms with van der Waals surface area (Å²) in [5.74, 6) is 0. The van der Waals surface area contributed by atoms with Crippen LogP contribution in [0, 0.1) is 6.92 Å². The molecule has 0 heterocycles. The SMILES string of the molecule is CC.CC1=c2ccc(C)cc2=C(C)CC1. The highest BCUT2D eigenvalue weighted by molar-refractivity contribution is 5.55. The average molecular weight is 202 g/mol. The third-order valence-corrected chi connectivity index (χ3v) is 2.97. The van der Waals surface area contributed by atoms with Crippen molar-refractivity contribution >= 4 is 11.1 Å². The van der Waals surface area contributed by atoms with E-state index in [9.17, 15) is 0 Å². The molecular weight excluding hydrogens is 180 g/mol. The average Bonchev–Trinajstić information content (AvgIpc) is 2.27. The molecule has 0 amide bonds. The number of rotatable bonds is 0. The lowest BCUT2D eigenvalue weighted by Gasteiger charge is -2.11. The summed E-state index contributed by atoms with van der Waals surface area (Å²) in [5, 5.41) is 2.94. The molecule has 15 heavy (non-hydrogen) atoms. The molecule has 0 fully saturated rings. The number of aryl methyl sites for hydroxylation is 1. The standard InChI is InChI=1S/C13H16.C2H6/c1-9-4-7-12-10(2)5-6-11(3)13(12)8-9;1-2/h4,7-8H,5-6H2,1-3H3;1-2H3. The van der Waals surface area contributed by atoms with E-state index in [1.54, 1.807) is 11.1 Å². The minimum absolute atomic E-state index is 1.24. The molecule has 2 rings (SSSR count). The molecule has 1 aromatic rings. The third-order valence-electron chi connectivity index (χ3n) is 2.97. The van der Waals surface area contributed by atoms with Gasteiger partial charge in [-0.15, -0.1) is 0 Å². The minimum Gasteiger partial charge on any atom is -0.0683 e. The van der Waals surface area contributed by atoms with E-state index in [0.717, 1.165) is 0 Å². The lowest BCUT2D eigenvalue weighted by molar-refractivity contribution is 1.02. The molecule has 0 aliphatic heterocycles. The Balaban J connectivity index is 0.000000531. The molecule has 0 unspecified atom stereocenters.